The molecule has 0 saturated carbocycles. The number of aromatic nitrogens is 1. The molecule has 108 valence electrons. The Bertz CT molecular complexity index is 733. The molecule has 0 unspecified atom stereocenters. The number of nitrogens with zero attached hydrogens (tertiary/aromatic N) is 1. The second kappa shape index (κ2) is 5.72. The third-order valence-corrected chi connectivity index (χ3v) is 3.99. The Morgan fingerprint density at radius 1 is 1.05 bits per heavy atom. The molecular weight excluding hydrogens is 260 g/mol. The molecule has 0 saturated heterocycles. The average molecular weight is 280 g/mol. The lowest BCUT2D eigenvalue weighted by Gasteiger charge is -2.25. The summed E-state index contributed by atoms with van der Waals surface area (Å²) in [5.74, 6) is 0. The minimum Gasteiger partial charge on any atom is -0.389 e. The van der Waals surface area contributed by atoms with Gasteiger partial charge in [0, 0.05) is 23.6 Å². The van der Waals surface area contributed by atoms with E-state index in [2.05, 4.69) is 29.8 Å². The van der Waals surface area contributed by atoms with Crippen molar-refractivity contribution in [3.05, 3.63) is 71.9 Å². The summed E-state index contributed by atoms with van der Waals surface area (Å²) in [7, 11) is 0. The van der Waals surface area contributed by atoms with Crippen LogP contribution in [0.25, 0.3) is 10.9 Å². The van der Waals surface area contributed by atoms with Crippen LogP contribution >= 0.6 is 0 Å². The number of aliphatic hydroxyl groups is 1. The fraction of sp³-hybridized carbons (Fsp3) is 0.222. The quantitative estimate of drug-likeness (QED) is 0.772. The molecule has 0 bridgehead atoms. The van der Waals surface area contributed by atoms with Gasteiger partial charge in [0.25, 0.3) is 0 Å². The van der Waals surface area contributed by atoms with Gasteiger partial charge in [0.15, 0.2) is 0 Å². The van der Waals surface area contributed by atoms with Gasteiger partial charge < -0.3 is 15.4 Å². The number of para-hydroxylation sites is 1. The van der Waals surface area contributed by atoms with Crippen molar-refractivity contribution in [3.63, 3.8) is 0 Å². The van der Waals surface area contributed by atoms with E-state index in [0.29, 0.717) is 0 Å². The van der Waals surface area contributed by atoms with Crippen LogP contribution in [0.15, 0.2) is 60.8 Å². The maximum atomic E-state index is 10.4. The van der Waals surface area contributed by atoms with E-state index in [-0.39, 0.29) is 12.6 Å². The van der Waals surface area contributed by atoms with Crippen LogP contribution in [0, 0.1) is 6.92 Å². The molecule has 1 heterocycles. The Hall–Kier alpha value is -2.10. The van der Waals surface area contributed by atoms with E-state index >= 15 is 0 Å². The van der Waals surface area contributed by atoms with Gasteiger partial charge in [-0.3, -0.25) is 0 Å². The monoisotopic (exact) mass is 280 g/mol. The molecule has 3 aromatic rings. The number of hydrogen-bond donors (Lipinski definition) is 2. The zero-order chi connectivity index (χ0) is 14.8. The zero-order valence-corrected chi connectivity index (χ0v) is 12.1. The van der Waals surface area contributed by atoms with Gasteiger partial charge >= 0.3 is 0 Å². The van der Waals surface area contributed by atoms with Crippen molar-refractivity contribution in [2.24, 2.45) is 5.73 Å². The molecular formula is C18H20N2O. The first kappa shape index (κ1) is 13.9. The Kier molecular flexibility index (Phi) is 3.78. The molecule has 3 heteroatoms. The molecule has 0 amide bonds. The lowest BCUT2D eigenvalue weighted by atomic mass is 10.0. The van der Waals surface area contributed by atoms with E-state index in [4.69, 9.17) is 5.73 Å². The van der Waals surface area contributed by atoms with E-state index < -0.39 is 6.10 Å². The minimum atomic E-state index is -0.623. The van der Waals surface area contributed by atoms with Crippen LogP contribution in [-0.2, 0) is 0 Å². The predicted octanol–water partition coefficient (Wildman–Crippen LogP) is 2.86. The normalized spacial score (nSPS) is 14.2. The maximum Gasteiger partial charge on any atom is 0.0910 e. The van der Waals surface area contributed by atoms with Crippen LogP contribution in [0.3, 0.4) is 0 Å². The smallest absolute Gasteiger partial charge is 0.0910 e. The SMILES string of the molecule is Cc1cn([C@@H](c2ccccc2)[C@H](O)CN)c2ccccc12. The van der Waals surface area contributed by atoms with Gasteiger partial charge in [0.05, 0.1) is 12.1 Å². The summed E-state index contributed by atoms with van der Waals surface area (Å²) in [6.45, 7) is 2.32. The molecule has 1 aromatic heterocycles. The van der Waals surface area contributed by atoms with Crippen LogP contribution in [-0.4, -0.2) is 22.3 Å². The largest absolute Gasteiger partial charge is 0.389 e. The van der Waals surface area contributed by atoms with Gasteiger partial charge in [-0.1, -0.05) is 48.5 Å². The maximum absolute atomic E-state index is 10.4. The van der Waals surface area contributed by atoms with E-state index in [1.165, 1.54) is 10.9 Å². The lowest BCUT2D eigenvalue weighted by molar-refractivity contribution is 0.140. The van der Waals surface area contributed by atoms with Crippen LogP contribution in [0.2, 0.25) is 0 Å². The van der Waals surface area contributed by atoms with E-state index in [1.54, 1.807) is 0 Å². The van der Waals surface area contributed by atoms with Gasteiger partial charge in [-0.2, -0.15) is 0 Å². The summed E-state index contributed by atoms with van der Waals surface area (Å²) >= 11 is 0. The number of fused-ring (bicyclic) bond motifs is 1. The van der Waals surface area contributed by atoms with Crippen molar-refractivity contribution in [3.8, 4) is 0 Å². The van der Waals surface area contributed by atoms with E-state index in [9.17, 15) is 5.11 Å². The van der Waals surface area contributed by atoms with E-state index in [0.717, 1.165) is 11.1 Å². The molecule has 3 rings (SSSR count). The Balaban J connectivity index is 2.20. The van der Waals surface area contributed by atoms with Crippen molar-refractivity contribution in [2.45, 2.75) is 19.1 Å². The summed E-state index contributed by atoms with van der Waals surface area (Å²) in [5, 5.41) is 11.7. The van der Waals surface area contributed by atoms with Crippen molar-refractivity contribution >= 4 is 10.9 Å². The molecule has 0 spiro atoms. The number of aryl methyl sites for hydroxylation is 1. The molecule has 0 radical (unpaired) electrons. The molecule has 2 atom stereocenters. The third-order valence-electron chi connectivity index (χ3n) is 3.99. The third kappa shape index (κ3) is 2.46. The second-order valence-corrected chi connectivity index (χ2v) is 5.40. The fourth-order valence-electron chi connectivity index (χ4n) is 2.96. The van der Waals surface area contributed by atoms with Crippen LogP contribution in [0.5, 0.6) is 0 Å². The zero-order valence-electron chi connectivity index (χ0n) is 12.1. The van der Waals surface area contributed by atoms with Crippen molar-refractivity contribution < 1.29 is 5.11 Å². The second-order valence-electron chi connectivity index (χ2n) is 5.40. The van der Waals surface area contributed by atoms with Gasteiger partial charge in [-0.25, -0.2) is 0 Å². The Morgan fingerprint density at radius 3 is 2.43 bits per heavy atom. The van der Waals surface area contributed by atoms with E-state index in [1.807, 2.05) is 42.5 Å². The van der Waals surface area contributed by atoms with Crippen molar-refractivity contribution in [1.29, 1.82) is 0 Å². The number of rotatable bonds is 4. The predicted molar refractivity (Wildman–Crippen MR) is 86.3 cm³/mol. The van der Waals surface area contributed by atoms with Crippen molar-refractivity contribution in [2.75, 3.05) is 6.54 Å². The standard InChI is InChI=1S/C18H20N2O/c1-13-12-20(16-10-6-5-9-15(13)16)18(17(21)11-19)14-7-3-2-4-8-14/h2-10,12,17-18,21H,11,19H2,1H3/t17-,18+/m1/s1. The molecule has 0 aliphatic heterocycles. The highest BCUT2D eigenvalue weighted by molar-refractivity contribution is 5.84. The summed E-state index contributed by atoms with van der Waals surface area (Å²) < 4.78 is 2.14. The molecule has 3 nitrogen and oxygen atoms in total. The molecule has 0 aliphatic rings. The molecule has 21 heavy (non-hydrogen) atoms. The fourth-order valence-corrected chi connectivity index (χ4v) is 2.96. The molecule has 2 aromatic carbocycles. The summed E-state index contributed by atoms with van der Waals surface area (Å²) in [4.78, 5) is 0. The van der Waals surface area contributed by atoms with Crippen molar-refractivity contribution in [1.82, 2.24) is 4.57 Å². The first-order chi connectivity index (χ1) is 10.2. The number of nitrogens with two attached hydrogens (primary N) is 1. The summed E-state index contributed by atoms with van der Waals surface area (Å²) in [6, 6.07) is 18.1. The number of benzene rings is 2. The highest BCUT2D eigenvalue weighted by Crippen LogP contribution is 2.29. The summed E-state index contributed by atoms with van der Waals surface area (Å²) in [6.07, 6.45) is 1.48. The lowest BCUT2D eigenvalue weighted by Crippen LogP contribution is -2.31. The first-order valence-corrected chi connectivity index (χ1v) is 7.21. The minimum absolute atomic E-state index is 0.171. The van der Waals surface area contributed by atoms with Crippen LogP contribution < -0.4 is 5.73 Å². The number of hydrogen-bond acceptors (Lipinski definition) is 2. The van der Waals surface area contributed by atoms with Gasteiger partial charge in [-0.05, 0) is 24.1 Å². The van der Waals surface area contributed by atoms with Crippen LogP contribution in [0.1, 0.15) is 17.2 Å². The highest BCUT2D eigenvalue weighted by Gasteiger charge is 2.23. The first-order valence-electron chi connectivity index (χ1n) is 7.21. The van der Waals surface area contributed by atoms with Gasteiger partial charge in [0.2, 0.25) is 0 Å². The topological polar surface area (TPSA) is 51.2 Å². The van der Waals surface area contributed by atoms with Gasteiger partial charge in [-0.15, -0.1) is 0 Å². The van der Waals surface area contributed by atoms with Crippen LogP contribution in [0.4, 0.5) is 0 Å². The summed E-state index contributed by atoms with van der Waals surface area (Å²) in [5.41, 5.74) is 9.13. The highest BCUT2D eigenvalue weighted by atomic mass is 16.3. The Labute approximate surface area is 124 Å². The Morgan fingerprint density at radius 2 is 1.71 bits per heavy atom. The average Bonchev–Trinajstić information content (AvgIpc) is 2.86. The molecule has 0 fully saturated rings. The number of aliphatic hydroxyl groups excluding tert-OH is 1. The van der Waals surface area contributed by atoms with Gasteiger partial charge in [0.1, 0.15) is 0 Å². The molecule has 3 N–H and O–H groups in total. The molecule has 0 aliphatic carbocycles.